The first-order chi connectivity index (χ1) is 7.39. The standard InChI is InChI=1S/C11H22O5/c1-7-16-9(12)8-10(2,3)11(13-4,14-5)15-6/h7-8H2,1-6H3. The highest BCUT2D eigenvalue weighted by atomic mass is 16.9. The topological polar surface area (TPSA) is 54.0 Å². The zero-order valence-electron chi connectivity index (χ0n) is 11.0. The lowest BCUT2D eigenvalue weighted by atomic mass is 9.86. The van der Waals surface area contributed by atoms with Crippen LogP contribution in [0.4, 0.5) is 0 Å². The summed E-state index contributed by atoms with van der Waals surface area (Å²) >= 11 is 0. The second kappa shape index (κ2) is 6.18. The van der Waals surface area contributed by atoms with Crippen molar-refractivity contribution in [1.29, 1.82) is 0 Å². The molecule has 0 unspecified atom stereocenters. The maximum Gasteiger partial charge on any atom is 0.306 e. The number of ether oxygens (including phenoxy) is 4. The summed E-state index contributed by atoms with van der Waals surface area (Å²) < 4.78 is 20.6. The Bertz CT molecular complexity index is 212. The van der Waals surface area contributed by atoms with Crippen molar-refractivity contribution in [3.63, 3.8) is 0 Å². The Morgan fingerprint density at radius 3 is 1.81 bits per heavy atom. The van der Waals surface area contributed by atoms with Gasteiger partial charge in [-0.1, -0.05) is 13.8 Å². The van der Waals surface area contributed by atoms with Gasteiger partial charge in [0.15, 0.2) is 0 Å². The Morgan fingerprint density at radius 1 is 1.06 bits per heavy atom. The summed E-state index contributed by atoms with van der Waals surface area (Å²) in [4.78, 5) is 11.5. The molecule has 0 saturated heterocycles. The number of hydrogen-bond donors (Lipinski definition) is 0. The van der Waals surface area contributed by atoms with Crippen molar-refractivity contribution in [3.8, 4) is 0 Å². The predicted octanol–water partition coefficient (Wildman–Crippen LogP) is 1.56. The SMILES string of the molecule is CCOC(=O)CC(C)(C)C(OC)(OC)OC. The lowest BCUT2D eigenvalue weighted by molar-refractivity contribution is -0.400. The van der Waals surface area contributed by atoms with Crippen LogP contribution in [0.25, 0.3) is 0 Å². The molecule has 0 spiro atoms. The smallest absolute Gasteiger partial charge is 0.306 e. The van der Waals surface area contributed by atoms with E-state index in [-0.39, 0.29) is 12.4 Å². The van der Waals surface area contributed by atoms with Crippen molar-refractivity contribution >= 4 is 5.97 Å². The predicted molar refractivity (Wildman–Crippen MR) is 58.8 cm³/mol. The first-order valence-electron chi connectivity index (χ1n) is 5.20. The van der Waals surface area contributed by atoms with Crippen LogP contribution in [0.15, 0.2) is 0 Å². The van der Waals surface area contributed by atoms with Gasteiger partial charge in [0.1, 0.15) is 0 Å². The van der Waals surface area contributed by atoms with Gasteiger partial charge in [-0.25, -0.2) is 0 Å². The van der Waals surface area contributed by atoms with Crippen LogP contribution >= 0.6 is 0 Å². The van der Waals surface area contributed by atoms with Crippen LogP contribution in [0.3, 0.4) is 0 Å². The van der Waals surface area contributed by atoms with Crippen LogP contribution in [0.5, 0.6) is 0 Å². The summed E-state index contributed by atoms with van der Waals surface area (Å²) in [6, 6.07) is 0. The van der Waals surface area contributed by atoms with Crippen molar-refractivity contribution in [2.45, 2.75) is 33.2 Å². The number of carbonyl (C=O) groups excluding carboxylic acids is 1. The molecular weight excluding hydrogens is 212 g/mol. The van der Waals surface area contributed by atoms with Crippen molar-refractivity contribution < 1.29 is 23.7 Å². The normalized spacial score (nSPS) is 12.6. The molecule has 0 aromatic rings. The number of hydrogen-bond acceptors (Lipinski definition) is 5. The maximum absolute atomic E-state index is 11.5. The van der Waals surface area contributed by atoms with E-state index in [1.165, 1.54) is 21.3 Å². The molecule has 5 heteroatoms. The molecule has 0 amide bonds. The Hall–Kier alpha value is -0.650. The molecule has 0 heterocycles. The van der Waals surface area contributed by atoms with Crippen molar-refractivity contribution in [3.05, 3.63) is 0 Å². The van der Waals surface area contributed by atoms with Crippen molar-refractivity contribution in [2.24, 2.45) is 5.41 Å². The average molecular weight is 234 g/mol. The minimum atomic E-state index is -1.25. The van der Waals surface area contributed by atoms with Crippen LogP contribution in [0, 0.1) is 5.41 Å². The Labute approximate surface area is 97.0 Å². The van der Waals surface area contributed by atoms with E-state index in [0.29, 0.717) is 6.61 Å². The molecule has 0 radical (unpaired) electrons. The molecule has 0 atom stereocenters. The molecular formula is C11H22O5. The van der Waals surface area contributed by atoms with E-state index in [4.69, 9.17) is 18.9 Å². The number of carbonyl (C=O) groups is 1. The molecule has 0 bridgehead atoms. The number of esters is 1. The molecule has 0 aromatic carbocycles. The van der Waals surface area contributed by atoms with E-state index >= 15 is 0 Å². The third-order valence-corrected chi connectivity index (χ3v) is 2.53. The van der Waals surface area contributed by atoms with Gasteiger partial charge in [0.05, 0.1) is 18.4 Å². The highest BCUT2D eigenvalue weighted by Crippen LogP contribution is 2.38. The first kappa shape index (κ1) is 15.3. The number of methoxy groups -OCH3 is 3. The summed E-state index contributed by atoms with van der Waals surface area (Å²) in [5.41, 5.74) is -0.655. The third kappa shape index (κ3) is 3.17. The Kier molecular flexibility index (Phi) is 5.92. The number of rotatable bonds is 7. The fourth-order valence-corrected chi connectivity index (χ4v) is 1.76. The first-order valence-corrected chi connectivity index (χ1v) is 5.20. The fourth-order valence-electron chi connectivity index (χ4n) is 1.76. The summed E-state index contributed by atoms with van der Waals surface area (Å²) in [5, 5.41) is 0. The minimum absolute atomic E-state index is 0.149. The molecule has 0 aliphatic carbocycles. The zero-order valence-corrected chi connectivity index (χ0v) is 11.0. The Balaban J connectivity index is 4.78. The molecule has 0 aliphatic heterocycles. The molecule has 0 saturated carbocycles. The van der Waals surface area contributed by atoms with Crippen LogP contribution in [0.2, 0.25) is 0 Å². The molecule has 0 aromatic heterocycles. The maximum atomic E-state index is 11.5. The van der Waals surface area contributed by atoms with Crippen LogP contribution < -0.4 is 0 Å². The summed E-state index contributed by atoms with van der Waals surface area (Å²) in [6.45, 7) is 5.76. The molecule has 96 valence electrons. The second-order valence-electron chi connectivity index (χ2n) is 4.03. The Morgan fingerprint density at radius 2 is 1.50 bits per heavy atom. The zero-order chi connectivity index (χ0) is 12.8. The lowest BCUT2D eigenvalue weighted by Gasteiger charge is -2.41. The van der Waals surface area contributed by atoms with Gasteiger partial charge < -0.3 is 18.9 Å². The average Bonchev–Trinajstić information content (AvgIpc) is 2.20. The van der Waals surface area contributed by atoms with Gasteiger partial charge in [0, 0.05) is 21.3 Å². The summed E-state index contributed by atoms with van der Waals surface area (Å²) in [6.07, 6.45) is 0.149. The molecule has 0 N–H and O–H groups in total. The van der Waals surface area contributed by atoms with Crippen molar-refractivity contribution in [2.75, 3.05) is 27.9 Å². The molecule has 5 nitrogen and oxygen atoms in total. The van der Waals surface area contributed by atoms with E-state index in [9.17, 15) is 4.79 Å². The fraction of sp³-hybridized carbons (Fsp3) is 0.909. The van der Waals surface area contributed by atoms with Crippen LogP contribution in [0.1, 0.15) is 27.2 Å². The largest absolute Gasteiger partial charge is 0.466 e. The lowest BCUT2D eigenvalue weighted by Crippen LogP contribution is -2.50. The van der Waals surface area contributed by atoms with Gasteiger partial charge in [-0.15, -0.1) is 0 Å². The van der Waals surface area contributed by atoms with E-state index in [2.05, 4.69) is 0 Å². The quantitative estimate of drug-likeness (QED) is 0.494. The summed E-state index contributed by atoms with van der Waals surface area (Å²) in [7, 11) is 4.42. The van der Waals surface area contributed by atoms with Crippen molar-refractivity contribution in [1.82, 2.24) is 0 Å². The van der Waals surface area contributed by atoms with Gasteiger partial charge >= 0.3 is 5.97 Å². The van der Waals surface area contributed by atoms with Gasteiger partial charge in [0.2, 0.25) is 0 Å². The van der Waals surface area contributed by atoms with Crippen LogP contribution in [-0.2, 0) is 23.7 Å². The third-order valence-electron chi connectivity index (χ3n) is 2.53. The monoisotopic (exact) mass is 234 g/mol. The van der Waals surface area contributed by atoms with Crippen LogP contribution in [-0.4, -0.2) is 39.9 Å². The van der Waals surface area contributed by atoms with Gasteiger partial charge in [0.25, 0.3) is 5.97 Å². The van der Waals surface area contributed by atoms with E-state index in [1.54, 1.807) is 6.92 Å². The van der Waals surface area contributed by atoms with Gasteiger partial charge in [-0.05, 0) is 6.92 Å². The second-order valence-corrected chi connectivity index (χ2v) is 4.03. The van der Waals surface area contributed by atoms with E-state index < -0.39 is 11.4 Å². The summed E-state index contributed by atoms with van der Waals surface area (Å²) in [5.74, 6) is -1.55. The molecule has 16 heavy (non-hydrogen) atoms. The molecule has 0 fully saturated rings. The minimum Gasteiger partial charge on any atom is -0.466 e. The molecule has 0 rings (SSSR count). The highest BCUT2D eigenvalue weighted by Gasteiger charge is 2.48. The van der Waals surface area contributed by atoms with Gasteiger partial charge in [-0.3, -0.25) is 4.79 Å². The highest BCUT2D eigenvalue weighted by molar-refractivity contribution is 5.70. The van der Waals surface area contributed by atoms with E-state index in [1.807, 2.05) is 13.8 Å². The molecule has 0 aliphatic rings. The van der Waals surface area contributed by atoms with Gasteiger partial charge in [-0.2, -0.15) is 0 Å². The van der Waals surface area contributed by atoms with E-state index in [0.717, 1.165) is 0 Å².